The summed E-state index contributed by atoms with van der Waals surface area (Å²) < 4.78 is 51.7. The number of carbonyl (C=O) groups excluding carboxylic acids is 1. The maximum Gasteiger partial charge on any atom is 0.417 e. The second kappa shape index (κ2) is 9.45. The van der Waals surface area contributed by atoms with E-state index in [4.69, 9.17) is 9.47 Å². The van der Waals surface area contributed by atoms with Crippen molar-refractivity contribution >= 4 is 11.8 Å². The monoisotopic (exact) mass is 504 g/mol. The van der Waals surface area contributed by atoms with Crippen LogP contribution >= 0.6 is 0 Å². The Bertz CT molecular complexity index is 1250. The molecular formula is C25H27F3N4O4. The maximum atomic E-state index is 13.0. The molecule has 2 aromatic heterocycles. The minimum atomic E-state index is -4.52. The number of ether oxygens (including phenoxy) is 2. The second-order valence-electron chi connectivity index (χ2n) is 9.39. The first-order valence-corrected chi connectivity index (χ1v) is 11.4. The van der Waals surface area contributed by atoms with Crippen molar-refractivity contribution in [3.05, 3.63) is 54.0 Å². The van der Waals surface area contributed by atoms with Crippen molar-refractivity contribution < 1.29 is 32.5 Å². The number of nitrogens with zero attached hydrogens (tertiary/aromatic N) is 4. The summed E-state index contributed by atoms with van der Waals surface area (Å²) >= 11 is 0. The molecule has 0 radical (unpaired) electrons. The van der Waals surface area contributed by atoms with Gasteiger partial charge < -0.3 is 14.6 Å². The molecular weight excluding hydrogens is 477 g/mol. The van der Waals surface area contributed by atoms with Crippen LogP contribution in [0.3, 0.4) is 0 Å². The van der Waals surface area contributed by atoms with E-state index in [2.05, 4.69) is 10.1 Å². The number of anilines is 1. The molecule has 3 aromatic rings. The van der Waals surface area contributed by atoms with Crippen molar-refractivity contribution in [3.8, 4) is 22.8 Å². The van der Waals surface area contributed by atoms with Crippen molar-refractivity contribution in [1.29, 1.82) is 0 Å². The fraction of sp³-hybridized carbons (Fsp3) is 0.400. The van der Waals surface area contributed by atoms with Gasteiger partial charge in [0.2, 0.25) is 5.88 Å². The molecule has 0 spiro atoms. The van der Waals surface area contributed by atoms with Crippen LogP contribution in [0.2, 0.25) is 0 Å². The molecule has 8 nitrogen and oxygen atoms in total. The summed E-state index contributed by atoms with van der Waals surface area (Å²) in [6.07, 6.45) is 0.225. The Labute approximate surface area is 206 Å². The molecule has 11 heteroatoms. The molecule has 0 unspecified atom stereocenters. The van der Waals surface area contributed by atoms with Crippen molar-refractivity contribution in [2.45, 2.75) is 58.0 Å². The summed E-state index contributed by atoms with van der Waals surface area (Å²) in [6.45, 7) is 5.50. The topological polar surface area (TPSA) is 89.7 Å². The number of methoxy groups -OCH3 is 1. The normalized spacial score (nSPS) is 16.0. The molecule has 4 rings (SSSR count). The summed E-state index contributed by atoms with van der Waals surface area (Å²) in [5, 5.41) is 14.5. The average molecular weight is 505 g/mol. The molecule has 1 amide bonds. The third-order valence-electron chi connectivity index (χ3n) is 5.88. The van der Waals surface area contributed by atoms with Crippen molar-refractivity contribution in [2.75, 3.05) is 12.0 Å². The molecule has 36 heavy (non-hydrogen) atoms. The number of hydrogen-bond acceptors (Lipinski definition) is 6. The number of aromatic nitrogens is 3. The molecule has 0 saturated heterocycles. The SMILES string of the molecule is COC(=O)N1c2ccc(-c3cnn(CC(C)(C)O)c3)c(Oc3ccc(C(F)(F)F)cn3)c2CC[C@@H]1C. The number of halogens is 3. The van der Waals surface area contributed by atoms with Crippen LogP contribution < -0.4 is 9.64 Å². The van der Waals surface area contributed by atoms with Crippen LogP contribution in [0, 0.1) is 0 Å². The van der Waals surface area contributed by atoms with Gasteiger partial charge in [-0.3, -0.25) is 9.58 Å². The van der Waals surface area contributed by atoms with E-state index in [1.165, 1.54) is 12.0 Å². The molecule has 1 N–H and O–H groups in total. The Morgan fingerprint density at radius 2 is 1.94 bits per heavy atom. The molecule has 0 fully saturated rings. The molecule has 0 bridgehead atoms. The van der Waals surface area contributed by atoms with Crippen LogP contribution in [0.25, 0.3) is 11.1 Å². The largest absolute Gasteiger partial charge is 0.452 e. The lowest BCUT2D eigenvalue weighted by Crippen LogP contribution is -2.42. The third-order valence-corrected chi connectivity index (χ3v) is 5.88. The molecule has 1 aliphatic heterocycles. The number of hydrogen-bond donors (Lipinski definition) is 1. The van der Waals surface area contributed by atoms with E-state index in [1.807, 2.05) is 6.92 Å². The van der Waals surface area contributed by atoms with Gasteiger partial charge in [-0.05, 0) is 51.8 Å². The molecule has 0 saturated carbocycles. The number of carbonyl (C=O) groups is 1. The molecule has 1 atom stereocenters. The van der Waals surface area contributed by atoms with Crippen LogP contribution in [0.15, 0.2) is 42.9 Å². The summed E-state index contributed by atoms with van der Waals surface area (Å²) in [7, 11) is 1.30. The highest BCUT2D eigenvalue weighted by Crippen LogP contribution is 2.44. The summed E-state index contributed by atoms with van der Waals surface area (Å²) in [5.41, 5.74) is 0.718. The molecule has 192 valence electrons. The van der Waals surface area contributed by atoms with Crippen molar-refractivity contribution in [3.63, 3.8) is 0 Å². The molecule has 1 aliphatic rings. The molecule has 1 aromatic carbocycles. The number of rotatable bonds is 5. The van der Waals surface area contributed by atoms with Gasteiger partial charge in [0.05, 0.1) is 36.7 Å². The number of aliphatic hydroxyl groups is 1. The number of amides is 1. The standard InChI is InChI=1S/C25H27F3N4O4/c1-15-5-7-19-20(32(15)23(33)35-4)9-8-18(16-11-30-31(13-16)14-24(2,3)34)22(19)36-21-10-6-17(12-29-21)25(26,27)28/h6,8-13,15,34H,5,7,14H2,1-4H3/t15-/m0/s1. The Kier molecular flexibility index (Phi) is 6.70. The second-order valence-corrected chi connectivity index (χ2v) is 9.39. The average Bonchev–Trinajstić information content (AvgIpc) is 3.24. The molecule has 3 heterocycles. The number of fused-ring (bicyclic) bond motifs is 1. The van der Waals surface area contributed by atoms with Gasteiger partial charge in [0.1, 0.15) is 5.75 Å². The first-order chi connectivity index (χ1) is 16.9. The minimum Gasteiger partial charge on any atom is -0.452 e. The van der Waals surface area contributed by atoms with Crippen molar-refractivity contribution in [1.82, 2.24) is 14.8 Å². The van der Waals surface area contributed by atoms with Crippen molar-refractivity contribution in [2.24, 2.45) is 0 Å². The van der Waals surface area contributed by atoms with E-state index in [0.717, 1.165) is 12.1 Å². The van der Waals surface area contributed by atoms with Gasteiger partial charge in [0.25, 0.3) is 0 Å². The van der Waals surface area contributed by atoms with Gasteiger partial charge >= 0.3 is 12.3 Å². The smallest absolute Gasteiger partial charge is 0.417 e. The zero-order valence-electron chi connectivity index (χ0n) is 20.3. The van der Waals surface area contributed by atoms with E-state index in [0.29, 0.717) is 47.2 Å². The Morgan fingerprint density at radius 3 is 2.56 bits per heavy atom. The summed E-state index contributed by atoms with van der Waals surface area (Å²) in [4.78, 5) is 17.9. The van der Waals surface area contributed by atoms with E-state index in [-0.39, 0.29) is 18.5 Å². The van der Waals surface area contributed by atoms with Crippen LogP contribution in [-0.4, -0.2) is 44.7 Å². The lowest BCUT2D eigenvalue weighted by molar-refractivity contribution is -0.137. The van der Waals surface area contributed by atoms with Gasteiger partial charge in [-0.1, -0.05) is 0 Å². The fourth-order valence-electron chi connectivity index (χ4n) is 4.22. The van der Waals surface area contributed by atoms with Crippen LogP contribution in [0.1, 0.15) is 38.3 Å². The maximum absolute atomic E-state index is 13.0. The van der Waals surface area contributed by atoms with Gasteiger partial charge in [0, 0.05) is 41.2 Å². The highest BCUT2D eigenvalue weighted by atomic mass is 19.4. The molecule has 0 aliphatic carbocycles. The summed E-state index contributed by atoms with van der Waals surface area (Å²) in [6, 6.07) is 5.49. The first kappa shape index (κ1) is 25.5. The zero-order chi connectivity index (χ0) is 26.3. The van der Waals surface area contributed by atoms with E-state index >= 15 is 0 Å². The van der Waals surface area contributed by atoms with E-state index in [9.17, 15) is 23.1 Å². The lowest BCUT2D eigenvalue weighted by atomic mass is 9.92. The predicted molar refractivity (Wildman–Crippen MR) is 126 cm³/mol. The van der Waals surface area contributed by atoms with E-state index < -0.39 is 23.4 Å². The number of pyridine rings is 1. The quantitative estimate of drug-likeness (QED) is 0.498. The Hall–Kier alpha value is -3.60. The summed E-state index contributed by atoms with van der Waals surface area (Å²) in [5.74, 6) is 0.341. The van der Waals surface area contributed by atoms with Gasteiger partial charge in [-0.2, -0.15) is 18.3 Å². The fourth-order valence-corrected chi connectivity index (χ4v) is 4.22. The highest BCUT2D eigenvalue weighted by molar-refractivity contribution is 5.92. The first-order valence-electron chi connectivity index (χ1n) is 11.4. The van der Waals surface area contributed by atoms with Crippen LogP contribution in [0.5, 0.6) is 11.6 Å². The predicted octanol–water partition coefficient (Wildman–Crippen LogP) is 5.43. The Balaban J connectivity index is 1.81. The highest BCUT2D eigenvalue weighted by Gasteiger charge is 2.33. The minimum absolute atomic E-state index is 0.0234. The van der Waals surface area contributed by atoms with Crippen LogP contribution in [0.4, 0.5) is 23.7 Å². The van der Waals surface area contributed by atoms with Crippen LogP contribution in [-0.2, 0) is 23.9 Å². The third kappa shape index (κ3) is 5.30. The lowest BCUT2D eigenvalue weighted by Gasteiger charge is -2.35. The number of alkyl halides is 3. The Morgan fingerprint density at radius 1 is 1.19 bits per heavy atom. The van der Waals surface area contributed by atoms with Gasteiger partial charge in [-0.15, -0.1) is 0 Å². The van der Waals surface area contributed by atoms with E-state index in [1.54, 1.807) is 43.1 Å². The number of benzene rings is 1. The zero-order valence-corrected chi connectivity index (χ0v) is 20.3. The van der Waals surface area contributed by atoms with Gasteiger partial charge in [0.15, 0.2) is 0 Å². The van der Waals surface area contributed by atoms with Gasteiger partial charge in [-0.25, -0.2) is 9.78 Å².